The number of anilines is 1. The Balaban J connectivity index is 1.40. The summed E-state index contributed by atoms with van der Waals surface area (Å²) in [5.74, 6) is 1.30. The number of hydrogen-bond donors (Lipinski definition) is 0. The second-order valence-electron chi connectivity index (χ2n) is 6.80. The van der Waals surface area contributed by atoms with Crippen LogP contribution in [0.25, 0.3) is 0 Å². The molecule has 1 unspecified atom stereocenters. The molecular formula is C20H23N5O2. The molecule has 1 saturated heterocycles. The van der Waals surface area contributed by atoms with E-state index >= 15 is 0 Å². The lowest BCUT2D eigenvalue weighted by Crippen LogP contribution is -2.41. The predicted octanol–water partition coefficient (Wildman–Crippen LogP) is 2.66. The molecule has 0 saturated carbocycles. The summed E-state index contributed by atoms with van der Waals surface area (Å²) in [6, 6.07) is 11.9. The standard InChI is InChI=1S/C20H23N5O2/c1-27-18-8-11-21-20(23-18)24-13-9-16(10-14-24)19(26)25-17(7-12-22-25)15-5-3-2-4-6-15/h2-6,8,11-12,16-17H,7,9-10,13-14H2,1H3. The third kappa shape index (κ3) is 3.63. The first kappa shape index (κ1) is 17.5. The van der Waals surface area contributed by atoms with Crippen LogP contribution in [0, 0.1) is 5.92 Å². The molecule has 7 heteroatoms. The molecule has 0 N–H and O–H groups in total. The summed E-state index contributed by atoms with van der Waals surface area (Å²) in [6.45, 7) is 1.49. The summed E-state index contributed by atoms with van der Waals surface area (Å²) in [6.07, 6.45) is 5.85. The van der Waals surface area contributed by atoms with Gasteiger partial charge in [-0.2, -0.15) is 10.1 Å². The highest BCUT2D eigenvalue weighted by Gasteiger charge is 2.35. The van der Waals surface area contributed by atoms with Crippen molar-refractivity contribution in [2.45, 2.75) is 25.3 Å². The lowest BCUT2D eigenvalue weighted by atomic mass is 9.94. The Morgan fingerprint density at radius 2 is 1.93 bits per heavy atom. The molecule has 0 aliphatic carbocycles. The number of rotatable bonds is 4. The minimum atomic E-state index is -0.0201. The highest BCUT2D eigenvalue weighted by molar-refractivity contribution is 5.82. The van der Waals surface area contributed by atoms with Crippen molar-refractivity contribution in [1.29, 1.82) is 0 Å². The van der Waals surface area contributed by atoms with Crippen LogP contribution < -0.4 is 9.64 Å². The van der Waals surface area contributed by atoms with E-state index < -0.39 is 0 Å². The van der Waals surface area contributed by atoms with Crippen LogP contribution >= 0.6 is 0 Å². The summed E-state index contributed by atoms with van der Waals surface area (Å²) in [5, 5.41) is 6.05. The van der Waals surface area contributed by atoms with E-state index in [0.717, 1.165) is 37.9 Å². The van der Waals surface area contributed by atoms with Crippen LogP contribution in [0.2, 0.25) is 0 Å². The van der Waals surface area contributed by atoms with Gasteiger partial charge in [-0.15, -0.1) is 0 Å². The van der Waals surface area contributed by atoms with Crippen molar-refractivity contribution in [2.75, 3.05) is 25.1 Å². The maximum absolute atomic E-state index is 13.1. The minimum Gasteiger partial charge on any atom is -0.481 e. The van der Waals surface area contributed by atoms with Gasteiger partial charge in [-0.1, -0.05) is 30.3 Å². The Hall–Kier alpha value is -2.96. The van der Waals surface area contributed by atoms with Crippen LogP contribution in [0.3, 0.4) is 0 Å². The summed E-state index contributed by atoms with van der Waals surface area (Å²) in [4.78, 5) is 23.9. The van der Waals surface area contributed by atoms with Gasteiger partial charge in [0.25, 0.3) is 0 Å². The average molecular weight is 365 g/mol. The summed E-state index contributed by atoms with van der Waals surface area (Å²) in [7, 11) is 1.59. The largest absolute Gasteiger partial charge is 0.481 e. The van der Waals surface area contributed by atoms with E-state index in [2.05, 4.69) is 32.1 Å². The quantitative estimate of drug-likeness (QED) is 0.833. The number of methoxy groups -OCH3 is 1. The van der Waals surface area contributed by atoms with Crippen LogP contribution in [0.1, 0.15) is 30.9 Å². The number of ether oxygens (including phenoxy) is 1. The molecule has 1 fully saturated rings. The normalized spacial score (nSPS) is 20.1. The second-order valence-corrected chi connectivity index (χ2v) is 6.80. The van der Waals surface area contributed by atoms with Crippen molar-refractivity contribution >= 4 is 18.1 Å². The third-order valence-electron chi connectivity index (χ3n) is 5.19. The first-order valence-corrected chi connectivity index (χ1v) is 9.28. The number of carbonyl (C=O) groups excluding carboxylic acids is 1. The average Bonchev–Trinajstić information content (AvgIpc) is 3.24. The maximum Gasteiger partial charge on any atom is 0.246 e. The van der Waals surface area contributed by atoms with E-state index in [9.17, 15) is 4.79 Å². The maximum atomic E-state index is 13.1. The molecule has 1 aromatic heterocycles. The Kier molecular flexibility index (Phi) is 5.00. The molecule has 27 heavy (non-hydrogen) atoms. The smallest absolute Gasteiger partial charge is 0.246 e. The van der Waals surface area contributed by atoms with E-state index in [1.165, 1.54) is 0 Å². The molecular weight excluding hydrogens is 342 g/mol. The van der Waals surface area contributed by atoms with E-state index in [1.807, 2.05) is 24.4 Å². The van der Waals surface area contributed by atoms with E-state index in [4.69, 9.17) is 4.74 Å². The molecule has 1 amide bonds. The zero-order valence-electron chi connectivity index (χ0n) is 15.4. The molecule has 1 atom stereocenters. The highest BCUT2D eigenvalue weighted by Crippen LogP contribution is 2.32. The van der Waals surface area contributed by atoms with Gasteiger partial charge in [0.2, 0.25) is 17.7 Å². The molecule has 4 rings (SSSR count). The van der Waals surface area contributed by atoms with Gasteiger partial charge in [0.1, 0.15) is 0 Å². The Bertz CT molecular complexity index is 818. The van der Waals surface area contributed by atoms with Crippen LogP contribution in [0.5, 0.6) is 5.88 Å². The van der Waals surface area contributed by atoms with Crippen molar-refractivity contribution in [3.63, 3.8) is 0 Å². The van der Waals surface area contributed by atoms with Gasteiger partial charge in [-0.05, 0) is 18.4 Å². The number of carbonyl (C=O) groups is 1. The minimum absolute atomic E-state index is 0.0125. The fraction of sp³-hybridized carbons (Fsp3) is 0.400. The first-order chi connectivity index (χ1) is 13.3. The van der Waals surface area contributed by atoms with Gasteiger partial charge in [0.05, 0.1) is 13.2 Å². The second kappa shape index (κ2) is 7.73. The van der Waals surface area contributed by atoms with Gasteiger partial charge >= 0.3 is 0 Å². The molecule has 0 radical (unpaired) electrons. The fourth-order valence-electron chi connectivity index (χ4n) is 3.69. The predicted molar refractivity (Wildman–Crippen MR) is 103 cm³/mol. The number of hydrogen-bond acceptors (Lipinski definition) is 6. The molecule has 2 aliphatic heterocycles. The molecule has 7 nitrogen and oxygen atoms in total. The fourth-order valence-corrected chi connectivity index (χ4v) is 3.69. The number of piperidine rings is 1. The molecule has 2 aliphatic rings. The van der Waals surface area contributed by atoms with Crippen LogP contribution in [-0.4, -0.2) is 47.3 Å². The number of benzene rings is 1. The van der Waals surface area contributed by atoms with Crippen LogP contribution in [0.15, 0.2) is 47.7 Å². The van der Waals surface area contributed by atoms with Crippen molar-refractivity contribution in [1.82, 2.24) is 15.0 Å². The molecule has 0 bridgehead atoms. The van der Waals surface area contributed by atoms with Gasteiger partial charge in [0.15, 0.2) is 0 Å². The lowest BCUT2D eigenvalue weighted by Gasteiger charge is -2.33. The van der Waals surface area contributed by atoms with Crippen molar-refractivity contribution in [3.05, 3.63) is 48.2 Å². The van der Waals surface area contributed by atoms with E-state index in [1.54, 1.807) is 24.4 Å². The Morgan fingerprint density at radius 3 is 2.67 bits per heavy atom. The van der Waals surface area contributed by atoms with Gasteiger partial charge in [-0.3, -0.25) is 4.79 Å². The summed E-state index contributed by atoms with van der Waals surface area (Å²) >= 11 is 0. The van der Waals surface area contributed by atoms with Gasteiger partial charge < -0.3 is 9.64 Å². The first-order valence-electron chi connectivity index (χ1n) is 9.28. The SMILES string of the molecule is COc1ccnc(N2CCC(C(=O)N3N=CCC3c3ccccc3)CC2)n1. The zero-order valence-corrected chi connectivity index (χ0v) is 15.4. The number of hydrazone groups is 1. The van der Waals surface area contributed by atoms with Gasteiger partial charge in [0, 0.05) is 43.9 Å². The third-order valence-corrected chi connectivity index (χ3v) is 5.19. The summed E-state index contributed by atoms with van der Waals surface area (Å²) < 4.78 is 5.17. The topological polar surface area (TPSA) is 70.9 Å². The number of aromatic nitrogens is 2. The molecule has 140 valence electrons. The molecule has 3 heterocycles. The van der Waals surface area contributed by atoms with Crippen molar-refractivity contribution in [3.8, 4) is 5.88 Å². The zero-order chi connectivity index (χ0) is 18.6. The molecule has 1 aromatic carbocycles. The van der Waals surface area contributed by atoms with Crippen LogP contribution in [0.4, 0.5) is 5.95 Å². The van der Waals surface area contributed by atoms with E-state index in [-0.39, 0.29) is 17.9 Å². The van der Waals surface area contributed by atoms with Gasteiger partial charge in [-0.25, -0.2) is 9.99 Å². The molecule has 2 aromatic rings. The van der Waals surface area contributed by atoms with E-state index in [0.29, 0.717) is 11.8 Å². The number of nitrogens with zero attached hydrogens (tertiary/aromatic N) is 5. The Labute approximate surface area is 158 Å². The van der Waals surface area contributed by atoms with Crippen LogP contribution in [-0.2, 0) is 4.79 Å². The highest BCUT2D eigenvalue weighted by atomic mass is 16.5. The Morgan fingerprint density at radius 1 is 1.15 bits per heavy atom. The molecule has 0 spiro atoms. The monoisotopic (exact) mass is 365 g/mol. The van der Waals surface area contributed by atoms with Crippen molar-refractivity contribution < 1.29 is 9.53 Å². The lowest BCUT2D eigenvalue weighted by molar-refractivity contribution is -0.138. The van der Waals surface area contributed by atoms with Crippen molar-refractivity contribution in [2.24, 2.45) is 11.0 Å². The summed E-state index contributed by atoms with van der Waals surface area (Å²) in [5.41, 5.74) is 1.13. The number of amides is 1.